The lowest BCUT2D eigenvalue weighted by Gasteiger charge is -2.40. The van der Waals surface area contributed by atoms with Gasteiger partial charge in [0.2, 0.25) is 5.60 Å². The van der Waals surface area contributed by atoms with E-state index in [0.717, 1.165) is 6.07 Å². The predicted octanol–water partition coefficient (Wildman–Crippen LogP) is 3.40. The van der Waals surface area contributed by atoms with Crippen molar-refractivity contribution in [2.75, 3.05) is 5.32 Å². The Morgan fingerprint density at radius 2 is 2.15 bits per heavy atom. The first-order chi connectivity index (χ1) is 9.15. The Labute approximate surface area is 118 Å². The van der Waals surface area contributed by atoms with E-state index in [0.29, 0.717) is 0 Å². The quantitative estimate of drug-likeness (QED) is 0.880. The third kappa shape index (κ3) is 2.43. The van der Waals surface area contributed by atoms with Crippen LogP contribution in [0, 0.1) is 0 Å². The van der Waals surface area contributed by atoms with Crippen LogP contribution in [-0.4, -0.2) is 18.3 Å². The lowest BCUT2D eigenvalue weighted by atomic mass is 9.84. The molecule has 1 amide bonds. The molecule has 20 heavy (non-hydrogen) atoms. The second kappa shape index (κ2) is 4.82. The van der Waals surface area contributed by atoms with Gasteiger partial charge in [-0.15, -0.1) is 0 Å². The van der Waals surface area contributed by atoms with Gasteiger partial charge < -0.3 is 10.5 Å². The Balaban J connectivity index is 2.68. The number of halogens is 4. The Bertz CT molecular complexity index is 548. The van der Waals surface area contributed by atoms with Crippen LogP contribution in [0.4, 0.5) is 23.7 Å². The van der Waals surface area contributed by atoms with E-state index in [1.54, 1.807) is 0 Å². The zero-order valence-electron chi connectivity index (χ0n) is 10.4. The molecule has 0 saturated heterocycles. The molecule has 0 aromatic heterocycles. The monoisotopic (exact) mass is 308 g/mol. The van der Waals surface area contributed by atoms with Gasteiger partial charge in [-0.2, -0.15) is 13.2 Å². The van der Waals surface area contributed by atoms with Crippen molar-refractivity contribution >= 4 is 23.4 Å². The molecule has 3 N–H and O–H groups in total. The van der Waals surface area contributed by atoms with Crippen molar-refractivity contribution in [2.24, 2.45) is 5.73 Å². The van der Waals surface area contributed by atoms with E-state index in [4.69, 9.17) is 17.3 Å². The summed E-state index contributed by atoms with van der Waals surface area (Å²) in [6.07, 6.45) is -6.56. The first-order valence-electron chi connectivity index (χ1n) is 5.78. The number of amides is 1. The van der Waals surface area contributed by atoms with Crippen LogP contribution in [0.15, 0.2) is 18.2 Å². The van der Waals surface area contributed by atoms with Crippen LogP contribution in [0.1, 0.15) is 18.9 Å². The third-order valence-corrected chi connectivity index (χ3v) is 3.22. The summed E-state index contributed by atoms with van der Waals surface area (Å²) < 4.78 is 45.2. The van der Waals surface area contributed by atoms with E-state index < -0.39 is 30.3 Å². The fraction of sp³-hybridized carbons (Fsp3) is 0.417. The highest BCUT2D eigenvalue weighted by Crippen LogP contribution is 2.50. The van der Waals surface area contributed by atoms with Crippen molar-refractivity contribution in [1.82, 2.24) is 0 Å². The number of hydrogen-bond acceptors (Lipinski definition) is 3. The average molecular weight is 309 g/mol. The summed E-state index contributed by atoms with van der Waals surface area (Å²) in [5.74, 6) is 0. The van der Waals surface area contributed by atoms with E-state index in [1.165, 1.54) is 19.1 Å². The molecule has 0 aliphatic carbocycles. The fourth-order valence-corrected chi connectivity index (χ4v) is 2.41. The molecule has 1 aliphatic heterocycles. The van der Waals surface area contributed by atoms with Crippen LogP contribution in [0.5, 0.6) is 0 Å². The Morgan fingerprint density at radius 3 is 2.70 bits per heavy atom. The van der Waals surface area contributed by atoms with Crippen LogP contribution < -0.4 is 11.1 Å². The standard InChI is InChI=1S/C12H12ClF3N2O2/c1-6(17)5-11(12(14,15)16)8-4-7(13)2-3-9(8)18-10(19)20-11/h2-4,6H,5,17H2,1H3,(H,18,19). The first kappa shape index (κ1) is 14.9. The molecule has 1 aliphatic rings. The molecule has 8 heteroatoms. The average Bonchev–Trinajstić information content (AvgIpc) is 2.27. The molecule has 0 bridgehead atoms. The van der Waals surface area contributed by atoms with Gasteiger partial charge in [0.15, 0.2) is 0 Å². The minimum absolute atomic E-state index is 0.0172. The van der Waals surface area contributed by atoms with Gasteiger partial charge in [-0.05, 0) is 25.1 Å². The fourth-order valence-electron chi connectivity index (χ4n) is 2.24. The molecule has 2 unspecified atom stereocenters. The maximum Gasteiger partial charge on any atom is 0.432 e. The maximum atomic E-state index is 13.5. The van der Waals surface area contributed by atoms with Crippen molar-refractivity contribution in [3.8, 4) is 0 Å². The topological polar surface area (TPSA) is 64.3 Å². The SMILES string of the molecule is CC(N)CC1(C(F)(F)F)OC(=O)Nc2ccc(Cl)cc21. The molecule has 0 saturated carbocycles. The van der Waals surface area contributed by atoms with Gasteiger partial charge in [0.05, 0.1) is 5.69 Å². The molecule has 1 aromatic rings. The number of carbonyl (C=O) groups excluding carboxylic acids is 1. The molecular weight excluding hydrogens is 297 g/mol. The summed E-state index contributed by atoms with van der Waals surface area (Å²) in [5.41, 5.74) is 2.49. The number of nitrogens with two attached hydrogens (primary N) is 1. The number of alkyl halides is 3. The second-order valence-electron chi connectivity index (χ2n) is 4.71. The van der Waals surface area contributed by atoms with E-state index in [9.17, 15) is 18.0 Å². The summed E-state index contributed by atoms with van der Waals surface area (Å²) in [4.78, 5) is 11.4. The van der Waals surface area contributed by atoms with E-state index >= 15 is 0 Å². The van der Waals surface area contributed by atoms with Crippen molar-refractivity contribution in [2.45, 2.75) is 31.2 Å². The molecular formula is C12H12ClF3N2O2. The molecule has 0 fully saturated rings. The first-order valence-corrected chi connectivity index (χ1v) is 6.16. The highest BCUT2D eigenvalue weighted by atomic mass is 35.5. The number of fused-ring (bicyclic) bond motifs is 1. The molecule has 2 rings (SSSR count). The van der Waals surface area contributed by atoms with Crippen LogP contribution >= 0.6 is 11.6 Å². The number of nitrogens with one attached hydrogen (secondary N) is 1. The molecule has 1 heterocycles. The smallest absolute Gasteiger partial charge is 0.428 e. The number of hydrogen-bond donors (Lipinski definition) is 2. The zero-order chi connectivity index (χ0) is 15.1. The van der Waals surface area contributed by atoms with Crippen molar-refractivity contribution in [1.29, 1.82) is 0 Å². The lowest BCUT2D eigenvalue weighted by molar-refractivity contribution is -0.268. The number of rotatable bonds is 2. The Hall–Kier alpha value is -1.47. The number of benzene rings is 1. The van der Waals surface area contributed by atoms with Gasteiger partial charge in [0.25, 0.3) is 0 Å². The van der Waals surface area contributed by atoms with E-state index in [1.807, 2.05) is 0 Å². The molecule has 1 aromatic carbocycles. The van der Waals surface area contributed by atoms with Gasteiger partial charge in [-0.25, -0.2) is 4.79 Å². The largest absolute Gasteiger partial charge is 0.432 e. The highest BCUT2D eigenvalue weighted by Gasteiger charge is 2.62. The predicted molar refractivity (Wildman–Crippen MR) is 67.6 cm³/mol. The maximum absolute atomic E-state index is 13.5. The number of anilines is 1. The number of ether oxygens (including phenoxy) is 1. The molecule has 4 nitrogen and oxygen atoms in total. The van der Waals surface area contributed by atoms with Crippen LogP contribution in [0.25, 0.3) is 0 Å². The van der Waals surface area contributed by atoms with E-state index in [2.05, 4.69) is 10.1 Å². The van der Waals surface area contributed by atoms with Crippen LogP contribution in [0.2, 0.25) is 5.02 Å². The van der Waals surface area contributed by atoms with E-state index in [-0.39, 0.29) is 16.3 Å². The van der Waals surface area contributed by atoms with Crippen molar-refractivity contribution in [3.05, 3.63) is 28.8 Å². The Kier molecular flexibility index (Phi) is 3.60. The Morgan fingerprint density at radius 1 is 1.50 bits per heavy atom. The molecule has 0 radical (unpaired) electrons. The molecule has 2 atom stereocenters. The molecule has 110 valence electrons. The summed E-state index contributed by atoms with van der Waals surface area (Å²) in [6.45, 7) is 1.41. The second-order valence-corrected chi connectivity index (χ2v) is 5.15. The van der Waals surface area contributed by atoms with Crippen LogP contribution in [0.3, 0.4) is 0 Å². The lowest BCUT2D eigenvalue weighted by Crippen LogP contribution is -2.52. The van der Waals surface area contributed by atoms with Gasteiger partial charge >= 0.3 is 12.3 Å². The minimum atomic E-state index is -4.81. The zero-order valence-corrected chi connectivity index (χ0v) is 11.2. The highest BCUT2D eigenvalue weighted by molar-refractivity contribution is 6.30. The van der Waals surface area contributed by atoms with Gasteiger partial charge in [0, 0.05) is 23.0 Å². The van der Waals surface area contributed by atoms with Gasteiger partial charge in [0.1, 0.15) is 0 Å². The molecule has 0 spiro atoms. The summed E-state index contributed by atoms with van der Waals surface area (Å²) >= 11 is 5.76. The third-order valence-electron chi connectivity index (χ3n) is 2.99. The van der Waals surface area contributed by atoms with Gasteiger partial charge in [-0.3, -0.25) is 5.32 Å². The summed E-state index contributed by atoms with van der Waals surface area (Å²) in [7, 11) is 0. The minimum Gasteiger partial charge on any atom is -0.428 e. The van der Waals surface area contributed by atoms with Crippen molar-refractivity contribution in [3.63, 3.8) is 0 Å². The number of cyclic esters (lactones) is 1. The summed E-state index contributed by atoms with van der Waals surface area (Å²) in [5, 5.41) is 2.34. The normalized spacial score (nSPS) is 23.6. The summed E-state index contributed by atoms with van der Waals surface area (Å²) in [6, 6.07) is 3.00. The van der Waals surface area contributed by atoms with Crippen molar-refractivity contribution < 1.29 is 22.7 Å². The number of carbonyl (C=O) groups is 1. The van der Waals surface area contributed by atoms with Gasteiger partial charge in [-0.1, -0.05) is 11.6 Å². The van der Waals surface area contributed by atoms with Crippen LogP contribution in [-0.2, 0) is 10.3 Å².